The zero-order valence-electron chi connectivity index (χ0n) is 17.2. The number of hydrogen-bond donors (Lipinski definition) is 0. The Hall–Kier alpha value is -1.18. The number of carbonyl (C=O) groups is 2. The Labute approximate surface area is 182 Å². The minimum Gasteiger partial charge on any atom is -0.339 e. The lowest BCUT2D eigenvalue weighted by atomic mass is 10.0. The van der Waals surface area contributed by atoms with Crippen LogP contribution in [0, 0.1) is 0 Å². The zero-order valence-corrected chi connectivity index (χ0v) is 18.8. The van der Waals surface area contributed by atoms with Gasteiger partial charge in [0, 0.05) is 55.8 Å². The lowest BCUT2D eigenvalue weighted by molar-refractivity contribution is -0.136. The summed E-state index contributed by atoms with van der Waals surface area (Å²) >= 11 is 3.97. The second-order valence-electron chi connectivity index (χ2n) is 8.20. The van der Waals surface area contributed by atoms with Crippen LogP contribution in [0.4, 0.5) is 0 Å². The summed E-state index contributed by atoms with van der Waals surface area (Å²) in [5.41, 5.74) is 2.08. The van der Waals surface area contributed by atoms with Gasteiger partial charge in [0.05, 0.1) is 11.1 Å². The van der Waals surface area contributed by atoms with Crippen molar-refractivity contribution in [2.45, 2.75) is 36.8 Å². The van der Waals surface area contributed by atoms with Gasteiger partial charge in [-0.25, -0.2) is 0 Å². The Kier molecular flexibility index (Phi) is 7.08. The molecule has 0 saturated carbocycles. The van der Waals surface area contributed by atoms with Crippen molar-refractivity contribution in [1.29, 1.82) is 0 Å². The minimum absolute atomic E-state index is 0.110. The number of piperazine rings is 1. The van der Waals surface area contributed by atoms with Gasteiger partial charge in [-0.3, -0.25) is 14.5 Å². The maximum absolute atomic E-state index is 12.9. The van der Waals surface area contributed by atoms with Gasteiger partial charge in [-0.1, -0.05) is 12.1 Å². The first-order valence-electron chi connectivity index (χ1n) is 10.8. The lowest BCUT2D eigenvalue weighted by Gasteiger charge is -2.38. The third kappa shape index (κ3) is 5.12. The number of hydrogen-bond acceptors (Lipinski definition) is 5. The number of benzene rings is 1. The summed E-state index contributed by atoms with van der Waals surface area (Å²) in [7, 11) is 0. The molecule has 0 N–H and O–H groups in total. The number of likely N-dealkylation sites (tertiary alicyclic amines) is 1. The molecule has 7 heteroatoms. The molecule has 5 nitrogen and oxygen atoms in total. The Morgan fingerprint density at radius 1 is 0.966 bits per heavy atom. The number of nitrogens with zero attached hydrogens (tertiary/aromatic N) is 3. The highest BCUT2D eigenvalue weighted by molar-refractivity contribution is 8.19. The van der Waals surface area contributed by atoms with Crippen LogP contribution >= 0.6 is 23.5 Å². The highest BCUT2D eigenvalue weighted by Crippen LogP contribution is 2.45. The molecule has 0 radical (unpaired) electrons. The molecule has 3 aliphatic heterocycles. The molecule has 0 unspecified atom stereocenters. The van der Waals surface area contributed by atoms with Crippen molar-refractivity contribution in [3.05, 3.63) is 35.4 Å². The fourth-order valence-electron chi connectivity index (χ4n) is 4.38. The maximum Gasteiger partial charge on any atom is 0.253 e. The second-order valence-corrected chi connectivity index (χ2v) is 10.9. The normalized spacial score (nSPS) is 24.1. The molecule has 0 aromatic heterocycles. The van der Waals surface area contributed by atoms with Gasteiger partial charge in [-0.05, 0) is 43.9 Å². The topological polar surface area (TPSA) is 43.9 Å². The number of thioether (sulfide) groups is 2. The standard InChI is InChI=1S/C22H31N3O2S2/c1-17-4-2-3-9-25(17)20(26)16-23-10-12-24(13-11-23)21(27)18-5-7-19(8-6-18)22-28-14-15-29-22/h5-8,17,22H,2-4,9-16H2,1H3/t17-/m0/s1. The van der Waals surface area contributed by atoms with Crippen LogP contribution in [0.5, 0.6) is 0 Å². The van der Waals surface area contributed by atoms with Gasteiger partial charge in [0.2, 0.25) is 5.91 Å². The SMILES string of the molecule is C[C@H]1CCCCN1C(=O)CN1CCN(C(=O)c2ccc(C3SCCS3)cc2)CC1. The summed E-state index contributed by atoms with van der Waals surface area (Å²) in [6.45, 7) is 6.46. The molecule has 158 valence electrons. The van der Waals surface area contributed by atoms with Crippen LogP contribution in [0.15, 0.2) is 24.3 Å². The number of amides is 2. The van der Waals surface area contributed by atoms with Crippen molar-refractivity contribution in [2.24, 2.45) is 0 Å². The first-order chi connectivity index (χ1) is 14.1. The Bertz CT molecular complexity index is 713. The molecule has 1 atom stereocenters. The third-order valence-corrected chi connectivity index (χ3v) is 9.30. The molecule has 0 aliphatic carbocycles. The van der Waals surface area contributed by atoms with E-state index in [4.69, 9.17) is 0 Å². The van der Waals surface area contributed by atoms with E-state index in [1.165, 1.54) is 23.5 Å². The van der Waals surface area contributed by atoms with E-state index in [1.807, 2.05) is 45.5 Å². The highest BCUT2D eigenvalue weighted by Gasteiger charge is 2.28. The van der Waals surface area contributed by atoms with Crippen molar-refractivity contribution < 1.29 is 9.59 Å². The van der Waals surface area contributed by atoms with Crippen LogP contribution in [0.2, 0.25) is 0 Å². The van der Waals surface area contributed by atoms with Crippen molar-refractivity contribution in [1.82, 2.24) is 14.7 Å². The Morgan fingerprint density at radius 2 is 1.66 bits per heavy atom. The highest BCUT2D eigenvalue weighted by atomic mass is 32.2. The molecule has 3 heterocycles. The molecule has 3 aliphatic rings. The largest absolute Gasteiger partial charge is 0.339 e. The van der Waals surface area contributed by atoms with Gasteiger partial charge < -0.3 is 9.80 Å². The van der Waals surface area contributed by atoms with Crippen molar-refractivity contribution >= 4 is 35.3 Å². The van der Waals surface area contributed by atoms with Gasteiger partial charge in [0.15, 0.2) is 0 Å². The number of piperidine rings is 1. The van der Waals surface area contributed by atoms with Gasteiger partial charge >= 0.3 is 0 Å². The fraction of sp³-hybridized carbons (Fsp3) is 0.636. The maximum atomic E-state index is 12.9. The van der Waals surface area contributed by atoms with Crippen molar-refractivity contribution in [3.63, 3.8) is 0 Å². The van der Waals surface area contributed by atoms with E-state index >= 15 is 0 Å². The molecule has 3 saturated heterocycles. The van der Waals surface area contributed by atoms with E-state index < -0.39 is 0 Å². The summed E-state index contributed by atoms with van der Waals surface area (Å²) in [5.74, 6) is 2.77. The predicted molar refractivity (Wildman–Crippen MR) is 121 cm³/mol. The van der Waals surface area contributed by atoms with E-state index in [0.717, 1.165) is 38.0 Å². The van der Waals surface area contributed by atoms with Gasteiger partial charge in [-0.15, -0.1) is 23.5 Å². The first-order valence-corrected chi connectivity index (χ1v) is 12.9. The van der Waals surface area contributed by atoms with Crippen LogP contribution in [-0.4, -0.2) is 83.3 Å². The van der Waals surface area contributed by atoms with E-state index in [9.17, 15) is 9.59 Å². The average Bonchev–Trinajstić information content (AvgIpc) is 3.29. The van der Waals surface area contributed by atoms with Gasteiger partial charge in [0.1, 0.15) is 0 Å². The van der Waals surface area contributed by atoms with Crippen molar-refractivity contribution in [2.75, 3.05) is 50.8 Å². The van der Waals surface area contributed by atoms with Gasteiger partial charge in [0.25, 0.3) is 5.91 Å². The van der Waals surface area contributed by atoms with Crippen LogP contribution in [0.25, 0.3) is 0 Å². The van der Waals surface area contributed by atoms with E-state index in [2.05, 4.69) is 24.0 Å². The monoisotopic (exact) mass is 433 g/mol. The van der Waals surface area contributed by atoms with Crippen LogP contribution < -0.4 is 0 Å². The molecule has 3 fully saturated rings. The molecular formula is C22H31N3O2S2. The van der Waals surface area contributed by atoms with E-state index in [0.29, 0.717) is 30.3 Å². The van der Waals surface area contributed by atoms with Crippen LogP contribution in [0.1, 0.15) is 46.7 Å². The molecule has 1 aromatic carbocycles. The Morgan fingerprint density at radius 3 is 2.31 bits per heavy atom. The van der Waals surface area contributed by atoms with E-state index in [1.54, 1.807) is 0 Å². The summed E-state index contributed by atoms with van der Waals surface area (Å²) in [6, 6.07) is 8.54. The predicted octanol–water partition coefficient (Wildman–Crippen LogP) is 3.32. The second kappa shape index (κ2) is 9.75. The number of carbonyl (C=O) groups excluding carboxylic acids is 2. The molecule has 0 spiro atoms. The fourth-order valence-corrected chi connectivity index (χ4v) is 7.24. The lowest BCUT2D eigenvalue weighted by Crippen LogP contribution is -2.53. The van der Waals surface area contributed by atoms with Crippen LogP contribution in [-0.2, 0) is 4.79 Å². The molecule has 1 aromatic rings. The quantitative estimate of drug-likeness (QED) is 0.729. The Balaban J connectivity index is 1.26. The molecule has 29 heavy (non-hydrogen) atoms. The zero-order chi connectivity index (χ0) is 20.2. The first kappa shape index (κ1) is 21.1. The average molecular weight is 434 g/mol. The van der Waals surface area contributed by atoms with Crippen LogP contribution in [0.3, 0.4) is 0 Å². The molecule has 2 amide bonds. The molecule has 0 bridgehead atoms. The smallest absolute Gasteiger partial charge is 0.253 e. The van der Waals surface area contributed by atoms with Gasteiger partial charge in [-0.2, -0.15) is 0 Å². The third-order valence-electron chi connectivity index (χ3n) is 6.19. The molecule has 4 rings (SSSR count). The summed E-state index contributed by atoms with van der Waals surface area (Å²) in [5, 5.41) is 0. The summed E-state index contributed by atoms with van der Waals surface area (Å²) in [4.78, 5) is 31.7. The molecular weight excluding hydrogens is 402 g/mol. The number of rotatable bonds is 4. The van der Waals surface area contributed by atoms with Crippen molar-refractivity contribution in [3.8, 4) is 0 Å². The van der Waals surface area contributed by atoms with E-state index in [-0.39, 0.29) is 11.8 Å². The minimum atomic E-state index is 0.110. The summed E-state index contributed by atoms with van der Waals surface area (Å²) < 4.78 is 0.517. The summed E-state index contributed by atoms with van der Waals surface area (Å²) in [6.07, 6.45) is 3.46.